The molecule has 0 aromatic heterocycles. The average molecular weight is 336 g/mol. The number of carbonyl (C=O) groups excluding carboxylic acids is 1. The van der Waals surface area contributed by atoms with Crippen LogP contribution in [0.5, 0.6) is 11.5 Å². The highest BCUT2D eigenvalue weighted by atomic mass is 32.1. The van der Waals surface area contributed by atoms with Crippen LogP contribution in [0.4, 0.5) is 0 Å². The number of esters is 1. The highest BCUT2D eigenvalue weighted by Crippen LogP contribution is 2.37. The van der Waals surface area contributed by atoms with Gasteiger partial charge in [-0.1, -0.05) is 0 Å². The molecule has 1 aromatic rings. The molecule has 1 heterocycles. The van der Waals surface area contributed by atoms with Crippen molar-refractivity contribution in [1.82, 2.24) is 10.2 Å². The van der Waals surface area contributed by atoms with Gasteiger partial charge >= 0.3 is 5.97 Å². The molecule has 1 aliphatic rings. The number of thiocarbonyl (C=S) groups is 1. The molecule has 6 nitrogen and oxygen atoms in total. The second-order valence-corrected chi connectivity index (χ2v) is 5.43. The maximum atomic E-state index is 12.3. The van der Waals surface area contributed by atoms with E-state index in [0.717, 1.165) is 11.3 Å². The summed E-state index contributed by atoms with van der Waals surface area (Å²) in [7, 11) is 6.32. The van der Waals surface area contributed by atoms with E-state index in [9.17, 15) is 4.79 Å². The number of allylic oxidation sites excluding steroid dienone is 1. The minimum Gasteiger partial charge on any atom is -0.497 e. The average Bonchev–Trinajstić information content (AvgIpc) is 2.58. The van der Waals surface area contributed by atoms with Crippen LogP contribution in [-0.4, -0.2) is 44.4 Å². The molecular formula is C16H20N2O4S. The number of hydrogen-bond acceptors (Lipinski definition) is 5. The predicted molar refractivity (Wildman–Crippen MR) is 90.5 cm³/mol. The first-order valence-electron chi connectivity index (χ1n) is 6.99. The van der Waals surface area contributed by atoms with E-state index in [4.69, 9.17) is 26.4 Å². The molecule has 23 heavy (non-hydrogen) atoms. The Hall–Kier alpha value is -2.28. The number of methoxy groups -OCH3 is 3. The van der Waals surface area contributed by atoms with Gasteiger partial charge in [-0.3, -0.25) is 0 Å². The van der Waals surface area contributed by atoms with E-state index in [2.05, 4.69) is 5.32 Å². The van der Waals surface area contributed by atoms with E-state index < -0.39 is 12.0 Å². The van der Waals surface area contributed by atoms with Gasteiger partial charge in [0.05, 0.1) is 32.9 Å². The first-order valence-corrected chi connectivity index (χ1v) is 7.40. The summed E-state index contributed by atoms with van der Waals surface area (Å²) >= 11 is 5.36. The minimum atomic E-state index is -0.476. The zero-order valence-corrected chi connectivity index (χ0v) is 14.6. The van der Waals surface area contributed by atoms with Gasteiger partial charge in [0.15, 0.2) is 5.11 Å². The van der Waals surface area contributed by atoms with Crippen LogP contribution in [0.3, 0.4) is 0 Å². The molecule has 1 aliphatic heterocycles. The summed E-state index contributed by atoms with van der Waals surface area (Å²) in [5.74, 6) is 0.874. The summed E-state index contributed by atoms with van der Waals surface area (Å²) in [6, 6.07) is 4.93. The van der Waals surface area contributed by atoms with Crippen molar-refractivity contribution in [2.45, 2.75) is 13.0 Å². The van der Waals surface area contributed by atoms with E-state index >= 15 is 0 Å². The molecule has 0 fully saturated rings. The molecule has 1 N–H and O–H groups in total. The summed E-state index contributed by atoms with van der Waals surface area (Å²) in [5.41, 5.74) is 1.97. The van der Waals surface area contributed by atoms with Crippen LogP contribution in [0, 0.1) is 0 Å². The van der Waals surface area contributed by atoms with Crippen LogP contribution in [0.25, 0.3) is 0 Å². The summed E-state index contributed by atoms with van der Waals surface area (Å²) < 4.78 is 15.7. The topological polar surface area (TPSA) is 60.0 Å². The van der Waals surface area contributed by atoms with Crippen molar-refractivity contribution >= 4 is 23.3 Å². The van der Waals surface area contributed by atoms with Crippen molar-refractivity contribution in [2.75, 3.05) is 28.4 Å². The van der Waals surface area contributed by atoms with Gasteiger partial charge in [-0.2, -0.15) is 0 Å². The summed E-state index contributed by atoms with van der Waals surface area (Å²) in [6.07, 6.45) is 0. The monoisotopic (exact) mass is 336 g/mol. The maximum Gasteiger partial charge on any atom is 0.337 e. The van der Waals surface area contributed by atoms with E-state index in [-0.39, 0.29) is 0 Å². The van der Waals surface area contributed by atoms with E-state index in [1.54, 1.807) is 38.3 Å². The Morgan fingerprint density at radius 2 is 1.96 bits per heavy atom. The maximum absolute atomic E-state index is 12.3. The Morgan fingerprint density at radius 1 is 1.26 bits per heavy atom. The summed E-state index contributed by atoms with van der Waals surface area (Å²) in [5, 5.41) is 3.69. The third-order valence-electron chi connectivity index (χ3n) is 3.91. The highest BCUT2D eigenvalue weighted by Gasteiger charge is 2.34. The normalized spacial score (nSPS) is 17.7. The lowest BCUT2D eigenvalue weighted by Crippen LogP contribution is -2.46. The summed E-state index contributed by atoms with van der Waals surface area (Å²) in [6.45, 7) is 1.83. The van der Waals surface area contributed by atoms with Gasteiger partial charge in [-0.15, -0.1) is 0 Å². The van der Waals surface area contributed by atoms with Crippen molar-refractivity contribution in [3.05, 3.63) is 35.0 Å². The molecule has 1 atom stereocenters. The number of benzene rings is 1. The van der Waals surface area contributed by atoms with Gasteiger partial charge in [-0.05, 0) is 37.3 Å². The SMILES string of the molecule is COC(=O)C1=C(C)N(C)C(=S)N[C@H]1c1cc(OC)ccc1OC. The minimum absolute atomic E-state index is 0.417. The number of ether oxygens (including phenoxy) is 3. The van der Waals surface area contributed by atoms with Crippen molar-refractivity contribution in [3.63, 3.8) is 0 Å². The Bertz CT molecular complexity index is 672. The standard InChI is InChI=1S/C16H20N2O4S/c1-9-13(15(19)22-5)14(17-16(23)18(9)2)11-8-10(20-3)6-7-12(11)21-4/h6-8,14H,1-5H3,(H,17,23)/t14-/m0/s1. The molecule has 1 aromatic carbocycles. The fourth-order valence-corrected chi connectivity index (χ4v) is 2.76. The Balaban J connectivity index is 2.64. The third kappa shape index (κ3) is 3.10. The lowest BCUT2D eigenvalue weighted by molar-refractivity contribution is -0.136. The van der Waals surface area contributed by atoms with Crippen LogP contribution in [0.15, 0.2) is 29.5 Å². The Kier molecular flexibility index (Phi) is 5.10. The summed E-state index contributed by atoms with van der Waals surface area (Å²) in [4.78, 5) is 14.0. The third-order valence-corrected chi connectivity index (χ3v) is 4.30. The molecule has 0 saturated carbocycles. The van der Waals surface area contributed by atoms with E-state index in [1.807, 2.05) is 13.0 Å². The number of carbonyl (C=O) groups is 1. The molecular weight excluding hydrogens is 316 g/mol. The number of rotatable bonds is 4. The van der Waals surface area contributed by atoms with Gasteiger partial charge in [0.1, 0.15) is 11.5 Å². The highest BCUT2D eigenvalue weighted by molar-refractivity contribution is 7.80. The van der Waals surface area contributed by atoms with Crippen LogP contribution in [-0.2, 0) is 9.53 Å². The lowest BCUT2D eigenvalue weighted by Gasteiger charge is -2.35. The van der Waals surface area contributed by atoms with Gasteiger partial charge in [0, 0.05) is 18.3 Å². The van der Waals surface area contributed by atoms with Crippen LogP contribution in [0.2, 0.25) is 0 Å². The second kappa shape index (κ2) is 6.87. The van der Waals surface area contributed by atoms with Crippen molar-refractivity contribution in [2.24, 2.45) is 0 Å². The first kappa shape index (κ1) is 17.1. The number of nitrogens with zero attached hydrogens (tertiary/aromatic N) is 1. The van der Waals surface area contributed by atoms with Crippen molar-refractivity contribution in [3.8, 4) is 11.5 Å². The van der Waals surface area contributed by atoms with Crippen LogP contribution < -0.4 is 14.8 Å². The fraction of sp³-hybridized carbons (Fsp3) is 0.375. The molecule has 2 rings (SSSR count). The molecule has 0 saturated heterocycles. The second-order valence-electron chi connectivity index (χ2n) is 5.04. The van der Waals surface area contributed by atoms with Crippen LogP contribution in [0.1, 0.15) is 18.5 Å². The molecule has 0 bridgehead atoms. The van der Waals surface area contributed by atoms with E-state index in [0.29, 0.717) is 22.2 Å². The Morgan fingerprint density at radius 3 is 2.52 bits per heavy atom. The smallest absolute Gasteiger partial charge is 0.337 e. The zero-order chi connectivity index (χ0) is 17.1. The largest absolute Gasteiger partial charge is 0.497 e. The van der Waals surface area contributed by atoms with Gasteiger partial charge in [-0.25, -0.2) is 4.79 Å². The fourth-order valence-electron chi connectivity index (χ4n) is 2.51. The molecule has 0 radical (unpaired) electrons. The molecule has 0 unspecified atom stereocenters. The predicted octanol–water partition coefficient (Wildman–Crippen LogP) is 2.01. The Labute approximate surface area is 141 Å². The molecule has 7 heteroatoms. The molecule has 124 valence electrons. The van der Waals surface area contributed by atoms with E-state index in [1.165, 1.54) is 7.11 Å². The number of nitrogens with one attached hydrogen (secondary N) is 1. The van der Waals surface area contributed by atoms with Gasteiger partial charge in [0.25, 0.3) is 0 Å². The molecule has 0 amide bonds. The van der Waals surface area contributed by atoms with Gasteiger partial charge < -0.3 is 24.4 Å². The van der Waals surface area contributed by atoms with Crippen LogP contribution >= 0.6 is 12.2 Å². The van der Waals surface area contributed by atoms with Crippen molar-refractivity contribution < 1.29 is 19.0 Å². The molecule has 0 spiro atoms. The molecule has 0 aliphatic carbocycles. The zero-order valence-electron chi connectivity index (χ0n) is 13.8. The quantitative estimate of drug-likeness (QED) is 0.667. The van der Waals surface area contributed by atoms with Gasteiger partial charge in [0.2, 0.25) is 0 Å². The van der Waals surface area contributed by atoms with Crippen molar-refractivity contribution in [1.29, 1.82) is 0 Å². The first-order chi connectivity index (χ1) is 10.9. The lowest BCUT2D eigenvalue weighted by atomic mass is 9.94. The number of hydrogen-bond donors (Lipinski definition) is 1.